The summed E-state index contributed by atoms with van der Waals surface area (Å²) in [5, 5.41) is 3.36. The highest BCUT2D eigenvalue weighted by atomic mass is 127. The summed E-state index contributed by atoms with van der Waals surface area (Å²) in [5.74, 6) is 1.02. The lowest BCUT2D eigenvalue weighted by atomic mass is 10.1. The lowest BCUT2D eigenvalue weighted by Gasteiger charge is -2.15. The number of likely N-dealkylation sites (N-methyl/N-ethyl adjacent to an activating group) is 1. The van der Waals surface area contributed by atoms with Gasteiger partial charge in [0.25, 0.3) is 0 Å². The number of nitrogens with one attached hydrogen (secondary N) is 1. The SMILES string of the molecule is CN1CCN=C1NCCc1ccccc1Br.I. The summed E-state index contributed by atoms with van der Waals surface area (Å²) in [6.45, 7) is 2.86. The average Bonchev–Trinajstić information content (AvgIpc) is 2.67. The first-order valence-electron chi connectivity index (χ1n) is 5.50. The zero-order valence-electron chi connectivity index (χ0n) is 9.82. The van der Waals surface area contributed by atoms with Crippen molar-refractivity contribution >= 4 is 45.9 Å². The van der Waals surface area contributed by atoms with Gasteiger partial charge in [0.15, 0.2) is 5.96 Å². The maximum atomic E-state index is 4.39. The van der Waals surface area contributed by atoms with Crippen molar-refractivity contribution in [2.75, 3.05) is 26.7 Å². The highest BCUT2D eigenvalue weighted by molar-refractivity contribution is 14.0. The normalized spacial score (nSPS) is 14.2. The summed E-state index contributed by atoms with van der Waals surface area (Å²) in [6.07, 6.45) is 1.01. The van der Waals surface area contributed by atoms with Crippen molar-refractivity contribution in [2.45, 2.75) is 6.42 Å². The first-order valence-corrected chi connectivity index (χ1v) is 6.29. The van der Waals surface area contributed by atoms with Gasteiger partial charge in [-0.05, 0) is 18.1 Å². The van der Waals surface area contributed by atoms with E-state index in [4.69, 9.17) is 0 Å². The lowest BCUT2D eigenvalue weighted by molar-refractivity contribution is 0.534. The number of halogens is 2. The van der Waals surface area contributed by atoms with Gasteiger partial charge in [0.1, 0.15) is 0 Å². The Labute approximate surface area is 128 Å². The Morgan fingerprint density at radius 2 is 2.18 bits per heavy atom. The number of benzene rings is 1. The topological polar surface area (TPSA) is 27.6 Å². The summed E-state index contributed by atoms with van der Waals surface area (Å²) in [4.78, 5) is 6.54. The number of nitrogens with zero attached hydrogens (tertiary/aromatic N) is 2. The van der Waals surface area contributed by atoms with E-state index in [-0.39, 0.29) is 24.0 Å². The molecule has 0 spiro atoms. The Balaban J connectivity index is 0.00000144. The van der Waals surface area contributed by atoms with Gasteiger partial charge in [-0.2, -0.15) is 0 Å². The average molecular weight is 410 g/mol. The molecule has 0 bridgehead atoms. The second-order valence-corrected chi connectivity index (χ2v) is 4.75. The van der Waals surface area contributed by atoms with Gasteiger partial charge in [0, 0.05) is 24.6 Å². The largest absolute Gasteiger partial charge is 0.356 e. The fourth-order valence-corrected chi connectivity index (χ4v) is 2.22. The van der Waals surface area contributed by atoms with Crippen LogP contribution in [0.25, 0.3) is 0 Å². The third-order valence-corrected chi connectivity index (χ3v) is 3.47. The van der Waals surface area contributed by atoms with Crippen molar-refractivity contribution in [3.05, 3.63) is 34.3 Å². The Hall–Kier alpha value is -0.300. The quantitative estimate of drug-likeness (QED) is 0.776. The van der Waals surface area contributed by atoms with Crippen LogP contribution in [0.3, 0.4) is 0 Å². The van der Waals surface area contributed by atoms with Crippen LogP contribution in [0, 0.1) is 0 Å². The molecule has 5 heteroatoms. The van der Waals surface area contributed by atoms with Gasteiger partial charge in [-0.3, -0.25) is 4.99 Å². The molecule has 0 aromatic heterocycles. The number of hydrogen-bond acceptors (Lipinski definition) is 3. The molecule has 0 fully saturated rings. The molecule has 1 aliphatic heterocycles. The van der Waals surface area contributed by atoms with E-state index in [2.05, 4.69) is 56.4 Å². The van der Waals surface area contributed by atoms with Gasteiger partial charge in [-0.25, -0.2) is 0 Å². The summed E-state index contributed by atoms with van der Waals surface area (Å²) in [6, 6.07) is 8.33. The van der Waals surface area contributed by atoms with Crippen LogP contribution < -0.4 is 5.32 Å². The lowest BCUT2D eigenvalue weighted by Crippen LogP contribution is -2.36. The molecule has 17 heavy (non-hydrogen) atoms. The zero-order valence-corrected chi connectivity index (χ0v) is 13.7. The van der Waals surface area contributed by atoms with E-state index in [1.54, 1.807) is 0 Å². The number of aliphatic imine (C=N–C) groups is 1. The number of rotatable bonds is 3. The molecule has 0 amide bonds. The van der Waals surface area contributed by atoms with Crippen molar-refractivity contribution in [3.63, 3.8) is 0 Å². The van der Waals surface area contributed by atoms with E-state index >= 15 is 0 Å². The van der Waals surface area contributed by atoms with Gasteiger partial charge >= 0.3 is 0 Å². The molecule has 0 saturated heterocycles. The second kappa shape index (κ2) is 7.20. The first kappa shape index (κ1) is 14.8. The Bertz CT molecular complexity index is 395. The van der Waals surface area contributed by atoms with Crippen molar-refractivity contribution in [1.82, 2.24) is 10.2 Å². The highest BCUT2D eigenvalue weighted by Gasteiger charge is 2.10. The van der Waals surface area contributed by atoms with E-state index in [9.17, 15) is 0 Å². The van der Waals surface area contributed by atoms with Crippen LogP contribution in [0.15, 0.2) is 33.7 Å². The molecule has 0 radical (unpaired) electrons. The summed E-state index contributed by atoms with van der Waals surface area (Å²) >= 11 is 3.55. The van der Waals surface area contributed by atoms with E-state index in [0.717, 1.165) is 32.0 Å². The summed E-state index contributed by atoms with van der Waals surface area (Å²) in [5.41, 5.74) is 1.33. The predicted molar refractivity (Wildman–Crippen MR) is 86.2 cm³/mol. The molecule has 94 valence electrons. The Morgan fingerprint density at radius 3 is 2.82 bits per heavy atom. The van der Waals surface area contributed by atoms with Crippen LogP contribution in [0.5, 0.6) is 0 Å². The van der Waals surface area contributed by atoms with Crippen LogP contribution in [-0.2, 0) is 6.42 Å². The van der Waals surface area contributed by atoms with E-state index in [1.165, 1.54) is 10.0 Å². The fourth-order valence-electron chi connectivity index (χ4n) is 1.73. The van der Waals surface area contributed by atoms with Crippen molar-refractivity contribution in [3.8, 4) is 0 Å². The third kappa shape index (κ3) is 4.13. The molecule has 0 aliphatic carbocycles. The van der Waals surface area contributed by atoms with Gasteiger partial charge < -0.3 is 10.2 Å². The molecule has 1 aromatic carbocycles. The van der Waals surface area contributed by atoms with Gasteiger partial charge in [0.2, 0.25) is 0 Å². The van der Waals surface area contributed by atoms with E-state index < -0.39 is 0 Å². The molecule has 1 aromatic rings. The fraction of sp³-hybridized carbons (Fsp3) is 0.417. The maximum absolute atomic E-state index is 4.39. The van der Waals surface area contributed by atoms with Gasteiger partial charge in [-0.15, -0.1) is 24.0 Å². The minimum atomic E-state index is 0. The Kier molecular flexibility index (Phi) is 6.26. The van der Waals surface area contributed by atoms with Crippen molar-refractivity contribution < 1.29 is 0 Å². The molecule has 1 N–H and O–H groups in total. The molecular formula is C12H17BrIN3. The molecular weight excluding hydrogens is 393 g/mol. The van der Waals surface area contributed by atoms with Crippen molar-refractivity contribution in [1.29, 1.82) is 0 Å². The first-order chi connectivity index (χ1) is 7.77. The molecule has 0 atom stereocenters. The summed E-state index contributed by atoms with van der Waals surface area (Å²) in [7, 11) is 2.07. The smallest absolute Gasteiger partial charge is 0.193 e. The van der Waals surface area contributed by atoms with Crippen LogP contribution >= 0.6 is 39.9 Å². The van der Waals surface area contributed by atoms with Gasteiger partial charge in [-0.1, -0.05) is 34.1 Å². The molecule has 2 rings (SSSR count). The van der Waals surface area contributed by atoms with Crippen LogP contribution in [0.2, 0.25) is 0 Å². The van der Waals surface area contributed by atoms with Crippen molar-refractivity contribution in [2.24, 2.45) is 4.99 Å². The third-order valence-electron chi connectivity index (χ3n) is 2.69. The molecule has 3 nitrogen and oxygen atoms in total. The Morgan fingerprint density at radius 1 is 1.41 bits per heavy atom. The molecule has 1 aliphatic rings. The monoisotopic (exact) mass is 409 g/mol. The van der Waals surface area contributed by atoms with Crippen LogP contribution in [0.1, 0.15) is 5.56 Å². The molecule has 0 saturated carbocycles. The minimum Gasteiger partial charge on any atom is -0.356 e. The minimum absolute atomic E-state index is 0. The van der Waals surface area contributed by atoms with Crippen LogP contribution in [-0.4, -0.2) is 37.5 Å². The van der Waals surface area contributed by atoms with E-state index in [0.29, 0.717) is 0 Å². The molecule has 1 heterocycles. The number of guanidine groups is 1. The maximum Gasteiger partial charge on any atom is 0.193 e. The zero-order chi connectivity index (χ0) is 11.4. The predicted octanol–water partition coefficient (Wildman–Crippen LogP) is 2.50. The number of hydrogen-bond donors (Lipinski definition) is 1. The standard InChI is InChI=1S/C12H16BrN3.HI/c1-16-9-8-15-12(16)14-7-6-10-4-2-3-5-11(10)13;/h2-5H,6-9H2,1H3,(H,14,15);1H. The van der Waals surface area contributed by atoms with Gasteiger partial charge in [0.05, 0.1) is 6.54 Å². The molecule has 0 unspecified atom stereocenters. The highest BCUT2D eigenvalue weighted by Crippen LogP contribution is 2.15. The second-order valence-electron chi connectivity index (χ2n) is 3.90. The van der Waals surface area contributed by atoms with E-state index in [1.807, 2.05) is 6.07 Å². The summed E-state index contributed by atoms with van der Waals surface area (Å²) < 4.78 is 1.18. The van der Waals surface area contributed by atoms with Crippen LogP contribution in [0.4, 0.5) is 0 Å².